The Balaban J connectivity index is 1.82. The molecule has 0 aliphatic carbocycles. The highest BCUT2D eigenvalue weighted by atomic mass is 16.5. The van der Waals surface area contributed by atoms with E-state index in [0.717, 1.165) is 17.0 Å². The number of ketones is 1. The molecule has 0 saturated heterocycles. The van der Waals surface area contributed by atoms with Crippen molar-refractivity contribution in [1.29, 1.82) is 0 Å². The number of nitrogens with zero attached hydrogens (tertiary/aromatic N) is 1. The van der Waals surface area contributed by atoms with E-state index in [1.807, 2.05) is 42.5 Å². The van der Waals surface area contributed by atoms with Crippen LogP contribution in [0.1, 0.15) is 6.92 Å². The summed E-state index contributed by atoms with van der Waals surface area (Å²) < 4.78 is 10.6. The SMILES string of the molecule is CC(=O)COCCOc1ccc(-c2ccccn2)cc1. The van der Waals surface area contributed by atoms with Crippen molar-refractivity contribution in [3.8, 4) is 17.0 Å². The van der Waals surface area contributed by atoms with Gasteiger partial charge in [0.15, 0.2) is 5.78 Å². The molecule has 1 aromatic carbocycles. The molecule has 0 fully saturated rings. The molecule has 0 bridgehead atoms. The molecule has 20 heavy (non-hydrogen) atoms. The van der Waals surface area contributed by atoms with E-state index >= 15 is 0 Å². The molecule has 0 atom stereocenters. The van der Waals surface area contributed by atoms with E-state index in [9.17, 15) is 4.79 Å². The first-order valence-electron chi connectivity index (χ1n) is 6.47. The minimum atomic E-state index is 0.0183. The fourth-order valence-corrected chi connectivity index (χ4v) is 1.69. The molecule has 1 aromatic heterocycles. The second-order valence-corrected chi connectivity index (χ2v) is 4.34. The van der Waals surface area contributed by atoms with Crippen LogP contribution in [0.15, 0.2) is 48.7 Å². The summed E-state index contributed by atoms with van der Waals surface area (Å²) in [6, 6.07) is 13.5. The summed E-state index contributed by atoms with van der Waals surface area (Å²) in [6.45, 7) is 2.47. The molecule has 0 unspecified atom stereocenters. The van der Waals surface area contributed by atoms with Crippen LogP contribution in [0.4, 0.5) is 0 Å². The third-order valence-electron chi connectivity index (χ3n) is 2.62. The number of benzene rings is 1. The van der Waals surface area contributed by atoms with Gasteiger partial charge in [-0.25, -0.2) is 0 Å². The van der Waals surface area contributed by atoms with Gasteiger partial charge in [0.2, 0.25) is 0 Å². The van der Waals surface area contributed by atoms with E-state index in [-0.39, 0.29) is 12.4 Å². The van der Waals surface area contributed by atoms with Gasteiger partial charge in [0.25, 0.3) is 0 Å². The first-order valence-corrected chi connectivity index (χ1v) is 6.47. The number of hydrogen-bond acceptors (Lipinski definition) is 4. The monoisotopic (exact) mass is 271 g/mol. The number of ether oxygens (including phenoxy) is 2. The molecule has 0 radical (unpaired) electrons. The van der Waals surface area contributed by atoms with Crippen LogP contribution in [0.3, 0.4) is 0 Å². The molecule has 0 aliphatic heterocycles. The second kappa shape index (κ2) is 7.40. The van der Waals surface area contributed by atoms with Gasteiger partial charge >= 0.3 is 0 Å². The molecule has 0 saturated carbocycles. The molecular weight excluding hydrogens is 254 g/mol. The number of Topliss-reactive ketones (excluding diaryl/α,β-unsaturated/α-hetero) is 1. The quantitative estimate of drug-likeness (QED) is 0.726. The van der Waals surface area contributed by atoms with E-state index < -0.39 is 0 Å². The van der Waals surface area contributed by atoms with Crippen LogP contribution in [-0.4, -0.2) is 30.6 Å². The van der Waals surface area contributed by atoms with E-state index in [1.165, 1.54) is 6.92 Å². The third kappa shape index (κ3) is 4.48. The summed E-state index contributed by atoms with van der Waals surface area (Å²) in [5.74, 6) is 0.792. The number of pyridine rings is 1. The summed E-state index contributed by atoms with van der Waals surface area (Å²) in [5.41, 5.74) is 1.98. The highest BCUT2D eigenvalue weighted by Gasteiger charge is 1.99. The van der Waals surface area contributed by atoms with Crippen molar-refractivity contribution < 1.29 is 14.3 Å². The summed E-state index contributed by atoms with van der Waals surface area (Å²) in [5, 5.41) is 0. The molecule has 4 nitrogen and oxygen atoms in total. The Kier molecular flexibility index (Phi) is 5.26. The van der Waals surface area contributed by atoms with Gasteiger partial charge < -0.3 is 9.47 Å². The van der Waals surface area contributed by atoms with Crippen molar-refractivity contribution in [2.45, 2.75) is 6.92 Å². The van der Waals surface area contributed by atoms with Gasteiger partial charge in [0, 0.05) is 11.8 Å². The van der Waals surface area contributed by atoms with Crippen LogP contribution < -0.4 is 4.74 Å². The predicted molar refractivity (Wildman–Crippen MR) is 76.7 cm³/mol. The van der Waals surface area contributed by atoms with Crippen molar-refractivity contribution in [2.75, 3.05) is 19.8 Å². The maximum Gasteiger partial charge on any atom is 0.155 e. The van der Waals surface area contributed by atoms with Gasteiger partial charge in [0.1, 0.15) is 19.0 Å². The Labute approximate surface area is 118 Å². The van der Waals surface area contributed by atoms with Crippen molar-refractivity contribution in [3.63, 3.8) is 0 Å². The number of hydrogen-bond donors (Lipinski definition) is 0. The van der Waals surface area contributed by atoms with Crippen molar-refractivity contribution in [2.24, 2.45) is 0 Å². The highest BCUT2D eigenvalue weighted by molar-refractivity contribution is 5.76. The number of rotatable bonds is 7. The maximum atomic E-state index is 10.7. The zero-order valence-corrected chi connectivity index (χ0v) is 11.4. The molecule has 104 valence electrons. The smallest absolute Gasteiger partial charge is 0.155 e. The maximum absolute atomic E-state index is 10.7. The Morgan fingerprint density at radius 1 is 1.10 bits per heavy atom. The van der Waals surface area contributed by atoms with Gasteiger partial charge in [-0.3, -0.25) is 9.78 Å². The average Bonchev–Trinajstić information content (AvgIpc) is 2.48. The van der Waals surface area contributed by atoms with Crippen molar-refractivity contribution >= 4 is 5.78 Å². The van der Waals surface area contributed by atoms with E-state index in [4.69, 9.17) is 9.47 Å². The predicted octanol–water partition coefficient (Wildman–Crippen LogP) is 2.73. The Bertz CT molecular complexity index is 537. The topological polar surface area (TPSA) is 48.4 Å². The summed E-state index contributed by atoms with van der Waals surface area (Å²) >= 11 is 0. The summed E-state index contributed by atoms with van der Waals surface area (Å²) in [7, 11) is 0. The Morgan fingerprint density at radius 2 is 1.90 bits per heavy atom. The van der Waals surface area contributed by atoms with Gasteiger partial charge in [-0.2, -0.15) is 0 Å². The lowest BCUT2D eigenvalue weighted by Gasteiger charge is -2.07. The fourth-order valence-electron chi connectivity index (χ4n) is 1.69. The van der Waals surface area contributed by atoms with E-state index in [2.05, 4.69) is 4.98 Å². The lowest BCUT2D eigenvalue weighted by Crippen LogP contribution is -2.11. The first-order chi connectivity index (χ1) is 9.75. The molecule has 2 rings (SSSR count). The Morgan fingerprint density at radius 3 is 2.55 bits per heavy atom. The first kappa shape index (κ1) is 14.2. The van der Waals surface area contributed by atoms with Crippen LogP contribution in [0, 0.1) is 0 Å². The zero-order chi connectivity index (χ0) is 14.2. The van der Waals surface area contributed by atoms with Crippen LogP contribution >= 0.6 is 0 Å². The molecule has 4 heteroatoms. The van der Waals surface area contributed by atoms with Crippen molar-refractivity contribution in [3.05, 3.63) is 48.7 Å². The largest absolute Gasteiger partial charge is 0.491 e. The molecular formula is C16H17NO3. The second-order valence-electron chi connectivity index (χ2n) is 4.34. The van der Waals surface area contributed by atoms with Crippen LogP contribution in [0.5, 0.6) is 5.75 Å². The van der Waals surface area contributed by atoms with E-state index in [0.29, 0.717) is 13.2 Å². The number of aromatic nitrogens is 1. The molecule has 0 N–H and O–H groups in total. The lowest BCUT2D eigenvalue weighted by molar-refractivity contribution is -0.121. The molecule has 0 spiro atoms. The van der Waals surface area contributed by atoms with Crippen LogP contribution in [-0.2, 0) is 9.53 Å². The lowest BCUT2D eigenvalue weighted by atomic mass is 10.1. The summed E-state index contributed by atoms with van der Waals surface area (Å²) in [4.78, 5) is 15.0. The normalized spacial score (nSPS) is 10.2. The Hall–Kier alpha value is -2.20. The standard InChI is InChI=1S/C16H17NO3/c1-13(18)12-19-10-11-20-15-7-5-14(6-8-15)16-4-2-3-9-17-16/h2-9H,10-12H2,1H3. The number of carbonyl (C=O) groups excluding carboxylic acids is 1. The number of carbonyl (C=O) groups is 1. The van der Waals surface area contributed by atoms with Crippen LogP contribution in [0.25, 0.3) is 11.3 Å². The minimum absolute atomic E-state index is 0.0183. The summed E-state index contributed by atoms with van der Waals surface area (Å²) in [6.07, 6.45) is 1.77. The van der Waals surface area contributed by atoms with Crippen molar-refractivity contribution in [1.82, 2.24) is 4.98 Å². The average molecular weight is 271 g/mol. The zero-order valence-electron chi connectivity index (χ0n) is 11.4. The molecule has 0 amide bonds. The molecule has 1 heterocycles. The molecule has 2 aromatic rings. The highest BCUT2D eigenvalue weighted by Crippen LogP contribution is 2.20. The van der Waals surface area contributed by atoms with Gasteiger partial charge in [-0.15, -0.1) is 0 Å². The fraction of sp³-hybridized carbons (Fsp3) is 0.250. The third-order valence-corrected chi connectivity index (χ3v) is 2.62. The van der Waals surface area contributed by atoms with E-state index in [1.54, 1.807) is 6.20 Å². The van der Waals surface area contributed by atoms with Gasteiger partial charge in [-0.1, -0.05) is 6.07 Å². The van der Waals surface area contributed by atoms with Gasteiger partial charge in [-0.05, 0) is 43.3 Å². The minimum Gasteiger partial charge on any atom is -0.491 e. The van der Waals surface area contributed by atoms with Crippen LogP contribution in [0.2, 0.25) is 0 Å². The van der Waals surface area contributed by atoms with Gasteiger partial charge in [0.05, 0.1) is 12.3 Å². The molecule has 0 aliphatic rings.